The van der Waals surface area contributed by atoms with Gasteiger partial charge < -0.3 is 14.6 Å². The number of furan rings is 1. The lowest BCUT2D eigenvalue weighted by Gasteiger charge is -2.25. The zero-order chi connectivity index (χ0) is 13.8. The van der Waals surface area contributed by atoms with Crippen LogP contribution in [0.25, 0.3) is 0 Å². The zero-order valence-corrected chi connectivity index (χ0v) is 12.1. The van der Waals surface area contributed by atoms with Crippen molar-refractivity contribution in [3.05, 3.63) is 53.5 Å². The molecule has 102 valence electrons. The molecule has 2 aromatic rings. The Balaban J connectivity index is 2.24. The number of nitrogens with one attached hydrogen (secondary N) is 1. The van der Waals surface area contributed by atoms with Crippen LogP contribution in [-0.2, 0) is 6.54 Å². The fraction of sp³-hybridized carbons (Fsp3) is 0.375. The highest BCUT2D eigenvalue weighted by Crippen LogP contribution is 2.26. The Kier molecular flexibility index (Phi) is 4.27. The van der Waals surface area contributed by atoms with Crippen LogP contribution in [0.2, 0.25) is 0 Å². The molecule has 3 heteroatoms. The number of rotatable bonds is 5. The highest BCUT2D eigenvalue weighted by Gasteiger charge is 2.13. The second-order valence-electron chi connectivity index (χ2n) is 4.93. The lowest BCUT2D eigenvalue weighted by Crippen LogP contribution is -2.21. The second kappa shape index (κ2) is 5.93. The standard InChI is InChI=1S/C16H22N2O/c1-12(17-3)15-7-5-6-8-16(15)18(4)11-14-9-10-19-13(14)2/h5-10,12,17H,11H2,1-4H3. The van der Waals surface area contributed by atoms with Gasteiger partial charge in [0.1, 0.15) is 5.76 Å². The van der Waals surface area contributed by atoms with E-state index in [1.165, 1.54) is 16.8 Å². The summed E-state index contributed by atoms with van der Waals surface area (Å²) in [4.78, 5) is 2.26. The van der Waals surface area contributed by atoms with E-state index in [-0.39, 0.29) is 0 Å². The Morgan fingerprint density at radius 3 is 2.63 bits per heavy atom. The molecule has 0 spiro atoms. The van der Waals surface area contributed by atoms with Gasteiger partial charge in [-0.2, -0.15) is 0 Å². The SMILES string of the molecule is CNC(C)c1ccccc1N(C)Cc1ccoc1C. The Labute approximate surface area is 115 Å². The summed E-state index contributed by atoms with van der Waals surface area (Å²) < 4.78 is 5.36. The average Bonchev–Trinajstić information content (AvgIpc) is 2.83. The summed E-state index contributed by atoms with van der Waals surface area (Å²) in [6, 6.07) is 10.9. The topological polar surface area (TPSA) is 28.4 Å². The van der Waals surface area contributed by atoms with Gasteiger partial charge in [0, 0.05) is 30.9 Å². The van der Waals surface area contributed by atoms with Gasteiger partial charge in [0.25, 0.3) is 0 Å². The van der Waals surface area contributed by atoms with Crippen molar-refractivity contribution in [3.8, 4) is 0 Å². The molecule has 0 aliphatic carbocycles. The number of para-hydroxylation sites is 1. The van der Waals surface area contributed by atoms with Crippen LogP contribution in [0.4, 0.5) is 5.69 Å². The molecular weight excluding hydrogens is 236 g/mol. The number of aryl methyl sites for hydroxylation is 1. The third kappa shape index (κ3) is 2.99. The Morgan fingerprint density at radius 2 is 2.00 bits per heavy atom. The molecule has 2 rings (SSSR count). The predicted octanol–water partition coefficient (Wildman–Crippen LogP) is 3.50. The van der Waals surface area contributed by atoms with Crippen molar-refractivity contribution in [3.63, 3.8) is 0 Å². The van der Waals surface area contributed by atoms with Crippen LogP contribution in [-0.4, -0.2) is 14.1 Å². The van der Waals surface area contributed by atoms with Crippen LogP contribution in [0.15, 0.2) is 41.0 Å². The summed E-state index contributed by atoms with van der Waals surface area (Å²) in [6.07, 6.45) is 1.75. The predicted molar refractivity (Wildman–Crippen MR) is 79.5 cm³/mol. The first-order chi connectivity index (χ1) is 9.13. The minimum atomic E-state index is 0.337. The van der Waals surface area contributed by atoms with Crippen molar-refractivity contribution in [2.75, 3.05) is 19.0 Å². The Bertz CT molecular complexity index is 533. The van der Waals surface area contributed by atoms with E-state index in [2.05, 4.69) is 48.5 Å². The summed E-state index contributed by atoms with van der Waals surface area (Å²) in [5, 5.41) is 3.30. The molecule has 1 N–H and O–H groups in total. The lowest BCUT2D eigenvalue weighted by atomic mass is 10.1. The molecule has 3 nitrogen and oxygen atoms in total. The molecule has 0 fully saturated rings. The van der Waals surface area contributed by atoms with Crippen LogP contribution in [0.1, 0.15) is 29.9 Å². The monoisotopic (exact) mass is 258 g/mol. The number of benzene rings is 1. The van der Waals surface area contributed by atoms with Crippen LogP contribution in [0, 0.1) is 6.92 Å². The zero-order valence-electron chi connectivity index (χ0n) is 12.1. The number of anilines is 1. The molecule has 0 saturated carbocycles. The fourth-order valence-electron chi connectivity index (χ4n) is 2.27. The maximum absolute atomic E-state index is 5.36. The number of hydrogen-bond donors (Lipinski definition) is 1. The molecular formula is C16H22N2O. The minimum absolute atomic E-state index is 0.337. The number of nitrogens with zero attached hydrogens (tertiary/aromatic N) is 1. The van der Waals surface area contributed by atoms with Crippen molar-refractivity contribution in [2.45, 2.75) is 26.4 Å². The third-order valence-electron chi connectivity index (χ3n) is 3.62. The van der Waals surface area contributed by atoms with Crippen molar-refractivity contribution in [1.29, 1.82) is 0 Å². The molecule has 0 saturated heterocycles. The molecule has 0 amide bonds. The van der Waals surface area contributed by atoms with Crippen molar-refractivity contribution >= 4 is 5.69 Å². The van der Waals surface area contributed by atoms with Gasteiger partial charge in [-0.15, -0.1) is 0 Å². The van der Waals surface area contributed by atoms with Gasteiger partial charge >= 0.3 is 0 Å². The van der Waals surface area contributed by atoms with Crippen molar-refractivity contribution in [1.82, 2.24) is 5.32 Å². The van der Waals surface area contributed by atoms with Gasteiger partial charge in [0.15, 0.2) is 0 Å². The van der Waals surface area contributed by atoms with E-state index in [4.69, 9.17) is 4.42 Å². The molecule has 1 aromatic heterocycles. The van der Waals surface area contributed by atoms with Crippen LogP contribution in [0.3, 0.4) is 0 Å². The van der Waals surface area contributed by atoms with Gasteiger partial charge in [-0.1, -0.05) is 18.2 Å². The van der Waals surface area contributed by atoms with E-state index < -0.39 is 0 Å². The molecule has 1 aromatic carbocycles. The molecule has 1 unspecified atom stereocenters. The summed E-state index contributed by atoms with van der Waals surface area (Å²) in [7, 11) is 4.11. The largest absolute Gasteiger partial charge is 0.469 e. The molecule has 19 heavy (non-hydrogen) atoms. The quantitative estimate of drug-likeness (QED) is 0.889. The lowest BCUT2D eigenvalue weighted by molar-refractivity contribution is 0.529. The van der Waals surface area contributed by atoms with Crippen LogP contribution < -0.4 is 10.2 Å². The highest BCUT2D eigenvalue weighted by molar-refractivity contribution is 5.54. The first kappa shape index (κ1) is 13.7. The van der Waals surface area contributed by atoms with E-state index >= 15 is 0 Å². The van der Waals surface area contributed by atoms with Crippen molar-refractivity contribution < 1.29 is 4.42 Å². The van der Waals surface area contributed by atoms with Gasteiger partial charge in [0.05, 0.1) is 6.26 Å². The smallest absolute Gasteiger partial charge is 0.105 e. The van der Waals surface area contributed by atoms with Crippen LogP contribution >= 0.6 is 0 Å². The fourth-order valence-corrected chi connectivity index (χ4v) is 2.27. The first-order valence-corrected chi connectivity index (χ1v) is 6.63. The van der Waals surface area contributed by atoms with E-state index in [0.717, 1.165) is 12.3 Å². The molecule has 1 atom stereocenters. The average molecular weight is 258 g/mol. The van der Waals surface area contributed by atoms with E-state index in [9.17, 15) is 0 Å². The van der Waals surface area contributed by atoms with E-state index in [1.54, 1.807) is 6.26 Å². The van der Waals surface area contributed by atoms with Crippen molar-refractivity contribution in [2.24, 2.45) is 0 Å². The van der Waals surface area contributed by atoms with Gasteiger partial charge in [-0.3, -0.25) is 0 Å². The maximum atomic E-state index is 5.36. The third-order valence-corrected chi connectivity index (χ3v) is 3.62. The Hall–Kier alpha value is -1.74. The summed E-state index contributed by atoms with van der Waals surface area (Å²) in [5.74, 6) is 0.992. The first-order valence-electron chi connectivity index (χ1n) is 6.63. The van der Waals surface area contributed by atoms with Crippen LogP contribution in [0.5, 0.6) is 0 Å². The van der Waals surface area contributed by atoms with Gasteiger partial charge in [-0.05, 0) is 38.6 Å². The molecule has 0 bridgehead atoms. The summed E-state index contributed by atoms with van der Waals surface area (Å²) in [5.41, 5.74) is 3.80. The normalized spacial score (nSPS) is 12.4. The maximum Gasteiger partial charge on any atom is 0.105 e. The molecule has 1 heterocycles. The van der Waals surface area contributed by atoms with Gasteiger partial charge in [0.2, 0.25) is 0 Å². The van der Waals surface area contributed by atoms with E-state index in [0.29, 0.717) is 6.04 Å². The second-order valence-corrected chi connectivity index (χ2v) is 4.93. The summed E-state index contributed by atoms with van der Waals surface area (Å²) >= 11 is 0. The molecule has 0 aliphatic rings. The summed E-state index contributed by atoms with van der Waals surface area (Å²) in [6.45, 7) is 5.04. The molecule has 0 aliphatic heterocycles. The van der Waals surface area contributed by atoms with E-state index in [1.807, 2.05) is 20.0 Å². The van der Waals surface area contributed by atoms with Gasteiger partial charge in [-0.25, -0.2) is 0 Å². The minimum Gasteiger partial charge on any atom is -0.469 e. The highest BCUT2D eigenvalue weighted by atomic mass is 16.3. The Morgan fingerprint density at radius 1 is 1.26 bits per heavy atom. The molecule has 0 radical (unpaired) electrons. The number of hydrogen-bond acceptors (Lipinski definition) is 3.